The Morgan fingerprint density at radius 3 is 2.93 bits per heavy atom. The molecule has 0 radical (unpaired) electrons. The lowest BCUT2D eigenvalue weighted by Gasteiger charge is -2.26. The van der Waals surface area contributed by atoms with Crippen LogP contribution in [0.5, 0.6) is 0 Å². The molecule has 0 bridgehead atoms. The second-order valence-electron chi connectivity index (χ2n) is 8.09. The first-order chi connectivity index (χ1) is 13.7. The SMILES string of the molecule is Cc1cc(C(=O)NC2CCCc3ccccc32)c2nc3n(c2n1)CCCCC3. The highest BCUT2D eigenvalue weighted by Crippen LogP contribution is 2.30. The van der Waals surface area contributed by atoms with Crippen molar-refractivity contribution in [2.45, 2.75) is 64.5 Å². The summed E-state index contributed by atoms with van der Waals surface area (Å²) in [5.74, 6) is 1.04. The third kappa shape index (κ3) is 2.99. The molecule has 2 aliphatic rings. The highest BCUT2D eigenvalue weighted by atomic mass is 16.1. The highest BCUT2D eigenvalue weighted by Gasteiger charge is 2.25. The van der Waals surface area contributed by atoms with Crippen molar-refractivity contribution >= 4 is 17.1 Å². The second kappa shape index (κ2) is 7.04. The molecule has 1 amide bonds. The number of rotatable bonds is 2. The summed E-state index contributed by atoms with van der Waals surface area (Å²) in [5, 5.41) is 3.29. The molecule has 2 aromatic heterocycles. The number of carbonyl (C=O) groups is 1. The van der Waals surface area contributed by atoms with Crippen molar-refractivity contribution in [2.75, 3.05) is 0 Å². The fourth-order valence-electron chi connectivity index (χ4n) is 4.73. The monoisotopic (exact) mass is 374 g/mol. The molecule has 1 aliphatic carbocycles. The summed E-state index contributed by atoms with van der Waals surface area (Å²) < 4.78 is 2.22. The summed E-state index contributed by atoms with van der Waals surface area (Å²) in [6.45, 7) is 2.90. The molecule has 0 fully saturated rings. The predicted molar refractivity (Wildman–Crippen MR) is 109 cm³/mol. The van der Waals surface area contributed by atoms with E-state index in [1.54, 1.807) is 0 Å². The van der Waals surface area contributed by atoms with Gasteiger partial charge in [-0.15, -0.1) is 0 Å². The van der Waals surface area contributed by atoms with Gasteiger partial charge in [-0.2, -0.15) is 0 Å². The molecule has 1 aliphatic heterocycles. The van der Waals surface area contributed by atoms with Crippen LogP contribution in [0.3, 0.4) is 0 Å². The van der Waals surface area contributed by atoms with Crippen LogP contribution in [0.15, 0.2) is 30.3 Å². The number of pyridine rings is 1. The third-order valence-corrected chi connectivity index (χ3v) is 6.11. The number of nitrogens with one attached hydrogen (secondary N) is 1. The van der Waals surface area contributed by atoms with Gasteiger partial charge in [0.05, 0.1) is 11.6 Å². The first kappa shape index (κ1) is 17.4. The summed E-state index contributed by atoms with van der Waals surface area (Å²) >= 11 is 0. The number of aromatic nitrogens is 3. The van der Waals surface area contributed by atoms with Crippen molar-refractivity contribution in [2.24, 2.45) is 0 Å². The van der Waals surface area contributed by atoms with Crippen LogP contribution in [-0.2, 0) is 19.4 Å². The zero-order valence-corrected chi connectivity index (χ0v) is 16.4. The smallest absolute Gasteiger partial charge is 0.254 e. The number of benzene rings is 1. The average Bonchev–Trinajstić information content (AvgIpc) is 2.88. The Morgan fingerprint density at radius 1 is 1.11 bits per heavy atom. The van der Waals surface area contributed by atoms with Gasteiger partial charge in [0.15, 0.2) is 5.65 Å². The van der Waals surface area contributed by atoms with Crippen molar-refractivity contribution in [3.8, 4) is 0 Å². The van der Waals surface area contributed by atoms with Crippen LogP contribution < -0.4 is 5.32 Å². The number of nitrogens with zero attached hydrogens (tertiary/aromatic N) is 3. The largest absolute Gasteiger partial charge is 0.345 e. The number of hydrogen-bond acceptors (Lipinski definition) is 3. The van der Waals surface area contributed by atoms with Gasteiger partial charge in [-0.25, -0.2) is 9.97 Å². The minimum atomic E-state index is -0.0366. The molecule has 5 heteroatoms. The fraction of sp³-hybridized carbons (Fsp3) is 0.435. The molecule has 144 valence electrons. The molecule has 3 heterocycles. The highest BCUT2D eigenvalue weighted by molar-refractivity contribution is 6.04. The summed E-state index contributed by atoms with van der Waals surface area (Å²) in [7, 11) is 0. The Bertz CT molecular complexity index is 1050. The minimum absolute atomic E-state index is 0.0366. The lowest BCUT2D eigenvalue weighted by Crippen LogP contribution is -2.31. The number of aryl methyl sites for hydroxylation is 4. The molecule has 28 heavy (non-hydrogen) atoms. The lowest BCUT2D eigenvalue weighted by atomic mass is 9.87. The lowest BCUT2D eigenvalue weighted by molar-refractivity contribution is 0.0934. The van der Waals surface area contributed by atoms with Crippen molar-refractivity contribution in [1.29, 1.82) is 0 Å². The van der Waals surface area contributed by atoms with E-state index < -0.39 is 0 Å². The van der Waals surface area contributed by atoms with Crippen molar-refractivity contribution in [3.63, 3.8) is 0 Å². The van der Waals surface area contributed by atoms with Gasteiger partial charge >= 0.3 is 0 Å². The molecule has 1 atom stereocenters. The van der Waals surface area contributed by atoms with Gasteiger partial charge in [-0.3, -0.25) is 4.79 Å². The van der Waals surface area contributed by atoms with Crippen LogP contribution >= 0.6 is 0 Å². The molecule has 5 nitrogen and oxygen atoms in total. The predicted octanol–water partition coefficient (Wildman–Crippen LogP) is 4.27. The van der Waals surface area contributed by atoms with Gasteiger partial charge in [-0.1, -0.05) is 30.7 Å². The van der Waals surface area contributed by atoms with Crippen molar-refractivity contribution in [3.05, 3.63) is 58.5 Å². The summed E-state index contributed by atoms with van der Waals surface area (Å²) in [6.07, 6.45) is 7.67. The molecule has 1 N–H and O–H groups in total. The Kier molecular flexibility index (Phi) is 4.38. The molecule has 0 saturated carbocycles. The molecule has 0 saturated heterocycles. The minimum Gasteiger partial charge on any atom is -0.345 e. The van der Waals surface area contributed by atoms with E-state index in [0.29, 0.717) is 5.56 Å². The van der Waals surface area contributed by atoms with E-state index in [4.69, 9.17) is 9.97 Å². The number of fused-ring (bicyclic) bond motifs is 4. The Hall–Kier alpha value is -2.69. The summed E-state index contributed by atoms with van der Waals surface area (Å²) in [6, 6.07) is 10.4. The maximum Gasteiger partial charge on any atom is 0.254 e. The first-order valence-corrected chi connectivity index (χ1v) is 10.5. The molecule has 1 unspecified atom stereocenters. The van der Waals surface area contributed by atoms with E-state index in [0.717, 1.165) is 67.8 Å². The van der Waals surface area contributed by atoms with Gasteiger partial charge in [0.1, 0.15) is 11.3 Å². The molecular formula is C23H26N4O. The van der Waals surface area contributed by atoms with E-state index in [-0.39, 0.29) is 11.9 Å². The number of imidazole rings is 1. The van der Waals surface area contributed by atoms with Crippen LogP contribution in [0.4, 0.5) is 0 Å². The first-order valence-electron chi connectivity index (χ1n) is 10.5. The van der Waals surface area contributed by atoms with E-state index in [1.165, 1.54) is 17.5 Å². The van der Waals surface area contributed by atoms with Crippen LogP contribution in [0.1, 0.15) is 71.1 Å². The number of hydrogen-bond donors (Lipinski definition) is 1. The van der Waals surface area contributed by atoms with E-state index in [2.05, 4.69) is 34.1 Å². The Labute approximate surface area is 165 Å². The molecular weight excluding hydrogens is 348 g/mol. The Morgan fingerprint density at radius 2 is 2.00 bits per heavy atom. The maximum absolute atomic E-state index is 13.3. The van der Waals surface area contributed by atoms with Crippen LogP contribution in [0.25, 0.3) is 11.2 Å². The fourth-order valence-corrected chi connectivity index (χ4v) is 4.73. The van der Waals surface area contributed by atoms with Crippen molar-refractivity contribution in [1.82, 2.24) is 19.9 Å². The van der Waals surface area contributed by atoms with Gasteiger partial charge in [0, 0.05) is 18.7 Å². The third-order valence-electron chi connectivity index (χ3n) is 6.11. The maximum atomic E-state index is 13.3. The molecule has 0 spiro atoms. The van der Waals surface area contributed by atoms with E-state index in [9.17, 15) is 4.79 Å². The summed E-state index contributed by atoms with van der Waals surface area (Å²) in [5.41, 5.74) is 5.75. The van der Waals surface area contributed by atoms with Crippen molar-refractivity contribution < 1.29 is 4.79 Å². The zero-order chi connectivity index (χ0) is 19.1. The molecule has 1 aromatic carbocycles. The van der Waals surface area contributed by atoms with Gasteiger partial charge in [-0.05, 0) is 56.2 Å². The van der Waals surface area contributed by atoms with E-state index >= 15 is 0 Å². The van der Waals surface area contributed by atoms with Gasteiger partial charge in [0.2, 0.25) is 0 Å². The molecule has 5 rings (SSSR count). The normalized spacial score (nSPS) is 19.0. The van der Waals surface area contributed by atoms with E-state index in [1.807, 2.05) is 13.0 Å². The summed E-state index contributed by atoms with van der Waals surface area (Å²) in [4.78, 5) is 22.9. The average molecular weight is 374 g/mol. The quantitative estimate of drug-likeness (QED) is 0.728. The standard InChI is InChI=1S/C23H26N4O/c1-15-14-18(21-22(24-15)27-13-6-2-3-12-20(27)26-21)23(28)25-19-11-7-9-16-8-4-5-10-17(16)19/h4-5,8,10,14,19H,2-3,6-7,9,11-13H2,1H3,(H,25,28). The van der Waals surface area contributed by atoms with Crippen LogP contribution in [0, 0.1) is 6.92 Å². The second-order valence-corrected chi connectivity index (χ2v) is 8.09. The topological polar surface area (TPSA) is 59.8 Å². The van der Waals surface area contributed by atoms with Crippen LogP contribution in [0.2, 0.25) is 0 Å². The van der Waals surface area contributed by atoms with Gasteiger partial charge in [0.25, 0.3) is 5.91 Å². The molecule has 3 aromatic rings. The number of carbonyl (C=O) groups excluding carboxylic acids is 1. The Balaban J connectivity index is 1.52. The number of amides is 1. The van der Waals surface area contributed by atoms with Gasteiger partial charge < -0.3 is 9.88 Å². The zero-order valence-electron chi connectivity index (χ0n) is 16.4. The van der Waals surface area contributed by atoms with Crippen LogP contribution in [-0.4, -0.2) is 20.4 Å².